The third kappa shape index (κ3) is 2.58. The van der Waals surface area contributed by atoms with Crippen molar-refractivity contribution < 1.29 is 4.79 Å². The number of nitrogens with zero attached hydrogens (tertiary/aromatic N) is 4. The van der Waals surface area contributed by atoms with Crippen molar-refractivity contribution in [2.45, 2.75) is 44.7 Å². The molecule has 0 aliphatic carbocycles. The van der Waals surface area contributed by atoms with Crippen LogP contribution in [0.25, 0.3) is 0 Å². The summed E-state index contributed by atoms with van der Waals surface area (Å²) in [4.78, 5) is 20.6. The summed E-state index contributed by atoms with van der Waals surface area (Å²) >= 11 is 0. The van der Waals surface area contributed by atoms with E-state index in [0.29, 0.717) is 17.6 Å². The quantitative estimate of drug-likeness (QED) is 0.832. The molecule has 5 nitrogen and oxygen atoms in total. The zero-order valence-corrected chi connectivity index (χ0v) is 12.3. The lowest BCUT2D eigenvalue weighted by Crippen LogP contribution is -2.48. The Kier molecular flexibility index (Phi) is 3.78. The van der Waals surface area contributed by atoms with E-state index in [0.717, 1.165) is 44.6 Å². The number of carbonyl (C=O) groups is 1. The van der Waals surface area contributed by atoms with E-state index in [2.05, 4.69) is 16.0 Å². The average Bonchev–Trinajstić information content (AvgIpc) is 3.15. The molecule has 0 saturated carbocycles. The third-order valence-electron chi connectivity index (χ3n) is 4.62. The highest BCUT2D eigenvalue weighted by Gasteiger charge is 2.39. The van der Waals surface area contributed by atoms with Gasteiger partial charge in [0.2, 0.25) is 5.91 Å². The fraction of sp³-hybridized carbons (Fsp3) is 0.562. The fourth-order valence-corrected chi connectivity index (χ4v) is 3.68. The lowest BCUT2D eigenvalue weighted by atomic mass is 10.0. The van der Waals surface area contributed by atoms with Crippen molar-refractivity contribution in [1.82, 2.24) is 9.88 Å². The molecule has 1 aromatic heterocycles. The van der Waals surface area contributed by atoms with Gasteiger partial charge in [0.05, 0.1) is 17.6 Å². The van der Waals surface area contributed by atoms with Crippen LogP contribution in [0.15, 0.2) is 18.3 Å². The van der Waals surface area contributed by atoms with Crippen molar-refractivity contribution in [3.05, 3.63) is 23.9 Å². The normalized spacial score (nSPS) is 25.1. The predicted molar refractivity (Wildman–Crippen MR) is 79.7 cm³/mol. The molecule has 2 fully saturated rings. The first-order chi connectivity index (χ1) is 10.2. The maximum atomic E-state index is 11.8. The maximum Gasteiger partial charge on any atom is 0.219 e. The summed E-state index contributed by atoms with van der Waals surface area (Å²) in [6, 6.07) is 6.50. The maximum absolute atomic E-state index is 11.8. The van der Waals surface area contributed by atoms with Crippen LogP contribution in [0.3, 0.4) is 0 Å². The van der Waals surface area contributed by atoms with E-state index in [1.807, 2.05) is 17.0 Å². The summed E-state index contributed by atoms with van der Waals surface area (Å²) in [5, 5.41) is 8.87. The molecule has 2 aliphatic heterocycles. The summed E-state index contributed by atoms with van der Waals surface area (Å²) < 4.78 is 0. The molecule has 1 amide bonds. The van der Waals surface area contributed by atoms with E-state index in [4.69, 9.17) is 5.26 Å². The Labute approximate surface area is 125 Å². The highest BCUT2D eigenvalue weighted by molar-refractivity contribution is 5.74. The monoisotopic (exact) mass is 284 g/mol. The first-order valence-corrected chi connectivity index (χ1v) is 7.60. The zero-order chi connectivity index (χ0) is 14.8. The third-order valence-corrected chi connectivity index (χ3v) is 4.62. The molecule has 0 radical (unpaired) electrons. The molecule has 21 heavy (non-hydrogen) atoms. The lowest BCUT2D eigenvalue weighted by Gasteiger charge is -2.35. The van der Waals surface area contributed by atoms with Gasteiger partial charge in [0.15, 0.2) is 0 Å². The van der Waals surface area contributed by atoms with Crippen LogP contribution in [0.4, 0.5) is 5.82 Å². The van der Waals surface area contributed by atoms with E-state index in [9.17, 15) is 4.79 Å². The molecule has 1 aromatic rings. The van der Waals surface area contributed by atoms with Crippen LogP contribution >= 0.6 is 0 Å². The highest BCUT2D eigenvalue weighted by Crippen LogP contribution is 2.32. The van der Waals surface area contributed by atoms with Gasteiger partial charge in [-0.25, -0.2) is 4.98 Å². The molecule has 3 rings (SSSR count). The van der Waals surface area contributed by atoms with Crippen LogP contribution in [-0.4, -0.2) is 41.0 Å². The van der Waals surface area contributed by atoms with Crippen molar-refractivity contribution in [2.24, 2.45) is 0 Å². The standard InChI is InChI=1S/C16H20N4O/c1-12(21)19-8-2-4-14(19)15-5-3-9-20(15)16-7-6-13(10-17)11-18-16/h6-7,11,14-15H,2-5,8-9H2,1H3/t14-,15+/m1/s1. The first-order valence-electron chi connectivity index (χ1n) is 7.60. The van der Waals surface area contributed by atoms with Crippen LogP contribution in [0.1, 0.15) is 38.2 Å². The molecule has 0 N–H and O–H groups in total. The van der Waals surface area contributed by atoms with Gasteiger partial charge in [-0.05, 0) is 37.8 Å². The number of hydrogen-bond acceptors (Lipinski definition) is 4. The Morgan fingerprint density at radius 3 is 2.71 bits per heavy atom. The molecule has 2 saturated heterocycles. The Bertz CT molecular complexity index is 563. The van der Waals surface area contributed by atoms with E-state index in [-0.39, 0.29) is 5.91 Å². The Balaban J connectivity index is 1.81. The number of amides is 1. The zero-order valence-electron chi connectivity index (χ0n) is 12.3. The molecule has 0 aromatic carbocycles. The summed E-state index contributed by atoms with van der Waals surface area (Å²) in [6.45, 7) is 3.52. The second kappa shape index (κ2) is 5.72. The van der Waals surface area contributed by atoms with Crippen LogP contribution in [0, 0.1) is 11.3 Å². The topological polar surface area (TPSA) is 60.2 Å². The number of carbonyl (C=O) groups excluding carboxylic acids is 1. The summed E-state index contributed by atoms with van der Waals surface area (Å²) in [7, 11) is 0. The van der Waals surface area contributed by atoms with Crippen LogP contribution in [0.5, 0.6) is 0 Å². The molecular formula is C16H20N4O. The van der Waals surface area contributed by atoms with Crippen LogP contribution < -0.4 is 4.90 Å². The number of anilines is 1. The number of hydrogen-bond donors (Lipinski definition) is 0. The number of aromatic nitrogens is 1. The van der Waals surface area contributed by atoms with E-state index in [1.165, 1.54) is 0 Å². The molecular weight excluding hydrogens is 264 g/mol. The molecule has 0 bridgehead atoms. The van der Waals surface area contributed by atoms with Crippen LogP contribution in [0.2, 0.25) is 0 Å². The molecule has 5 heteroatoms. The predicted octanol–water partition coefficient (Wildman–Crippen LogP) is 1.93. The minimum absolute atomic E-state index is 0.178. The summed E-state index contributed by atoms with van der Waals surface area (Å²) in [5.74, 6) is 1.10. The molecule has 0 unspecified atom stereocenters. The van der Waals surface area contributed by atoms with Gasteiger partial charge < -0.3 is 9.80 Å². The summed E-state index contributed by atoms with van der Waals surface area (Å²) in [5.41, 5.74) is 0.584. The van der Waals surface area contributed by atoms with Gasteiger partial charge in [-0.3, -0.25) is 4.79 Å². The molecule has 3 heterocycles. The van der Waals surface area contributed by atoms with Gasteiger partial charge in [-0.15, -0.1) is 0 Å². The minimum Gasteiger partial charge on any atom is -0.352 e. The number of rotatable bonds is 2. The Morgan fingerprint density at radius 1 is 1.29 bits per heavy atom. The van der Waals surface area contributed by atoms with Crippen molar-refractivity contribution in [3.8, 4) is 6.07 Å². The summed E-state index contributed by atoms with van der Waals surface area (Å²) in [6.07, 6.45) is 6.04. The molecule has 110 valence electrons. The van der Waals surface area contributed by atoms with E-state index in [1.54, 1.807) is 13.1 Å². The van der Waals surface area contributed by atoms with Crippen molar-refractivity contribution in [1.29, 1.82) is 5.26 Å². The second-order valence-corrected chi connectivity index (χ2v) is 5.84. The molecule has 2 atom stereocenters. The highest BCUT2D eigenvalue weighted by atomic mass is 16.2. The molecule has 2 aliphatic rings. The second-order valence-electron chi connectivity index (χ2n) is 5.84. The van der Waals surface area contributed by atoms with Crippen LogP contribution in [-0.2, 0) is 4.79 Å². The van der Waals surface area contributed by atoms with Gasteiger partial charge in [0.1, 0.15) is 11.9 Å². The first kappa shape index (κ1) is 13.9. The fourth-order valence-electron chi connectivity index (χ4n) is 3.68. The van der Waals surface area contributed by atoms with E-state index >= 15 is 0 Å². The largest absolute Gasteiger partial charge is 0.352 e. The number of likely N-dealkylation sites (tertiary alicyclic amines) is 1. The number of pyridine rings is 1. The Hall–Kier alpha value is -2.09. The van der Waals surface area contributed by atoms with E-state index < -0.39 is 0 Å². The van der Waals surface area contributed by atoms with Gasteiger partial charge in [0.25, 0.3) is 0 Å². The van der Waals surface area contributed by atoms with Gasteiger partial charge in [-0.2, -0.15) is 5.26 Å². The average molecular weight is 284 g/mol. The van der Waals surface area contributed by atoms with Gasteiger partial charge >= 0.3 is 0 Å². The minimum atomic E-state index is 0.178. The SMILES string of the molecule is CC(=O)N1CCC[C@@H]1[C@@H]1CCCN1c1ccc(C#N)cn1. The van der Waals surface area contributed by atoms with Crippen molar-refractivity contribution in [2.75, 3.05) is 18.0 Å². The van der Waals surface area contributed by atoms with Crippen molar-refractivity contribution in [3.63, 3.8) is 0 Å². The van der Waals surface area contributed by atoms with Gasteiger partial charge in [0, 0.05) is 26.2 Å². The molecule has 0 spiro atoms. The Morgan fingerprint density at radius 2 is 2.05 bits per heavy atom. The van der Waals surface area contributed by atoms with Gasteiger partial charge in [-0.1, -0.05) is 0 Å². The van der Waals surface area contributed by atoms with Crippen molar-refractivity contribution >= 4 is 11.7 Å². The smallest absolute Gasteiger partial charge is 0.219 e. The number of nitriles is 1. The lowest BCUT2D eigenvalue weighted by molar-refractivity contribution is -0.129.